The van der Waals surface area contributed by atoms with Crippen molar-refractivity contribution in [3.05, 3.63) is 0 Å². The molecule has 0 aliphatic carbocycles. The first-order chi connectivity index (χ1) is 6.63. The van der Waals surface area contributed by atoms with Crippen LogP contribution in [0.25, 0.3) is 0 Å². The van der Waals surface area contributed by atoms with Gasteiger partial charge < -0.3 is 10.2 Å². The first-order valence-corrected chi connectivity index (χ1v) is 5.19. The lowest BCUT2D eigenvalue weighted by atomic mass is 10.0. The standard InChI is InChI=1S/C10H19FN2O/c1-8(2)10(14)12-3-4-13-6-9(5-11)7-13/h8-9H,3-7H2,1-2H3,(H,12,14). The molecule has 1 N–H and O–H groups in total. The van der Waals surface area contributed by atoms with Gasteiger partial charge in [-0.25, -0.2) is 0 Å². The molecule has 1 aliphatic rings. The Bertz CT molecular complexity index is 191. The molecule has 1 heterocycles. The molecule has 0 aromatic heterocycles. The number of halogens is 1. The van der Waals surface area contributed by atoms with Crippen molar-refractivity contribution in [1.82, 2.24) is 10.2 Å². The molecule has 0 bridgehead atoms. The highest BCUT2D eigenvalue weighted by atomic mass is 19.1. The third-order valence-corrected chi connectivity index (χ3v) is 2.50. The SMILES string of the molecule is CC(C)C(=O)NCCN1CC(CF)C1. The Hall–Kier alpha value is -0.640. The molecule has 0 saturated carbocycles. The molecule has 0 unspecified atom stereocenters. The number of carbonyl (C=O) groups is 1. The highest BCUT2D eigenvalue weighted by Gasteiger charge is 2.25. The van der Waals surface area contributed by atoms with E-state index in [9.17, 15) is 9.18 Å². The van der Waals surface area contributed by atoms with Crippen molar-refractivity contribution in [1.29, 1.82) is 0 Å². The molecule has 1 amide bonds. The van der Waals surface area contributed by atoms with Crippen molar-refractivity contribution >= 4 is 5.91 Å². The number of alkyl halides is 1. The zero-order valence-corrected chi connectivity index (χ0v) is 8.92. The Morgan fingerprint density at radius 2 is 2.21 bits per heavy atom. The van der Waals surface area contributed by atoms with E-state index in [-0.39, 0.29) is 24.4 Å². The maximum Gasteiger partial charge on any atom is 0.222 e. The van der Waals surface area contributed by atoms with Crippen LogP contribution < -0.4 is 5.32 Å². The number of carbonyl (C=O) groups excluding carboxylic acids is 1. The molecule has 0 atom stereocenters. The van der Waals surface area contributed by atoms with Gasteiger partial charge >= 0.3 is 0 Å². The summed E-state index contributed by atoms with van der Waals surface area (Å²) in [4.78, 5) is 13.3. The summed E-state index contributed by atoms with van der Waals surface area (Å²) in [6.45, 7) is 6.73. The molecule has 0 aromatic carbocycles. The molecule has 1 rings (SSSR count). The van der Waals surface area contributed by atoms with Crippen LogP contribution in [0.2, 0.25) is 0 Å². The van der Waals surface area contributed by atoms with E-state index >= 15 is 0 Å². The van der Waals surface area contributed by atoms with Gasteiger partial charge in [0.1, 0.15) is 0 Å². The smallest absolute Gasteiger partial charge is 0.222 e. The summed E-state index contributed by atoms with van der Waals surface area (Å²) in [5, 5.41) is 2.84. The van der Waals surface area contributed by atoms with Gasteiger partial charge in [-0.05, 0) is 0 Å². The molecule has 14 heavy (non-hydrogen) atoms. The Labute approximate surface area is 84.7 Å². The van der Waals surface area contributed by atoms with E-state index in [1.807, 2.05) is 13.8 Å². The van der Waals surface area contributed by atoms with Crippen molar-refractivity contribution in [2.75, 3.05) is 32.9 Å². The number of nitrogens with zero attached hydrogens (tertiary/aromatic N) is 1. The van der Waals surface area contributed by atoms with Gasteiger partial charge in [0, 0.05) is 38.0 Å². The van der Waals surface area contributed by atoms with Gasteiger partial charge in [-0.2, -0.15) is 0 Å². The van der Waals surface area contributed by atoms with Gasteiger partial charge in [0.15, 0.2) is 0 Å². The Morgan fingerprint density at radius 1 is 1.57 bits per heavy atom. The molecule has 0 spiro atoms. The van der Waals surface area contributed by atoms with E-state index in [1.165, 1.54) is 0 Å². The van der Waals surface area contributed by atoms with E-state index < -0.39 is 0 Å². The van der Waals surface area contributed by atoms with E-state index in [1.54, 1.807) is 0 Å². The van der Waals surface area contributed by atoms with Crippen molar-refractivity contribution < 1.29 is 9.18 Å². The van der Waals surface area contributed by atoms with Crippen LogP contribution in [-0.2, 0) is 4.79 Å². The number of rotatable bonds is 5. The lowest BCUT2D eigenvalue weighted by Gasteiger charge is -2.37. The number of likely N-dealkylation sites (tertiary alicyclic amines) is 1. The first-order valence-electron chi connectivity index (χ1n) is 5.19. The van der Waals surface area contributed by atoms with Crippen LogP contribution in [-0.4, -0.2) is 43.7 Å². The fourth-order valence-corrected chi connectivity index (χ4v) is 1.50. The average molecular weight is 202 g/mol. The minimum Gasteiger partial charge on any atom is -0.355 e. The number of hydrogen-bond donors (Lipinski definition) is 1. The quantitative estimate of drug-likeness (QED) is 0.710. The summed E-state index contributed by atoms with van der Waals surface area (Å²) >= 11 is 0. The van der Waals surface area contributed by atoms with Crippen molar-refractivity contribution in [2.45, 2.75) is 13.8 Å². The molecule has 82 valence electrons. The third kappa shape index (κ3) is 3.25. The zero-order chi connectivity index (χ0) is 10.6. The Balaban J connectivity index is 1.98. The lowest BCUT2D eigenvalue weighted by molar-refractivity contribution is -0.124. The van der Waals surface area contributed by atoms with Crippen LogP contribution in [0.3, 0.4) is 0 Å². The van der Waals surface area contributed by atoms with Crippen LogP contribution in [0, 0.1) is 11.8 Å². The van der Waals surface area contributed by atoms with Gasteiger partial charge in [-0.1, -0.05) is 13.8 Å². The van der Waals surface area contributed by atoms with Gasteiger partial charge in [-0.15, -0.1) is 0 Å². The molecule has 1 aliphatic heterocycles. The van der Waals surface area contributed by atoms with Gasteiger partial charge in [0.2, 0.25) is 5.91 Å². The molecule has 1 fully saturated rings. The van der Waals surface area contributed by atoms with Crippen molar-refractivity contribution in [3.63, 3.8) is 0 Å². The second-order valence-corrected chi connectivity index (χ2v) is 4.23. The highest BCUT2D eigenvalue weighted by Crippen LogP contribution is 2.14. The predicted molar refractivity (Wildman–Crippen MR) is 53.8 cm³/mol. The number of nitrogens with one attached hydrogen (secondary N) is 1. The third-order valence-electron chi connectivity index (χ3n) is 2.50. The van der Waals surface area contributed by atoms with Crippen molar-refractivity contribution in [3.8, 4) is 0 Å². The monoisotopic (exact) mass is 202 g/mol. The Morgan fingerprint density at radius 3 is 2.71 bits per heavy atom. The number of amides is 1. The fourth-order valence-electron chi connectivity index (χ4n) is 1.50. The van der Waals surface area contributed by atoms with E-state index in [4.69, 9.17) is 0 Å². The zero-order valence-electron chi connectivity index (χ0n) is 8.92. The largest absolute Gasteiger partial charge is 0.355 e. The molecule has 3 nitrogen and oxygen atoms in total. The highest BCUT2D eigenvalue weighted by molar-refractivity contribution is 5.77. The van der Waals surface area contributed by atoms with E-state index in [2.05, 4.69) is 10.2 Å². The van der Waals surface area contributed by atoms with Crippen LogP contribution in [0.5, 0.6) is 0 Å². The number of hydrogen-bond acceptors (Lipinski definition) is 2. The van der Waals surface area contributed by atoms with Crippen LogP contribution in [0.15, 0.2) is 0 Å². The normalized spacial score (nSPS) is 18.3. The molecule has 0 aromatic rings. The maximum absolute atomic E-state index is 12.1. The topological polar surface area (TPSA) is 32.3 Å². The van der Waals surface area contributed by atoms with E-state index in [0.29, 0.717) is 6.54 Å². The second kappa shape index (κ2) is 5.29. The molecule has 1 saturated heterocycles. The minimum absolute atomic E-state index is 0.0463. The van der Waals surface area contributed by atoms with Crippen LogP contribution >= 0.6 is 0 Å². The summed E-state index contributed by atoms with van der Waals surface area (Å²) in [5.41, 5.74) is 0. The van der Waals surface area contributed by atoms with E-state index in [0.717, 1.165) is 19.6 Å². The average Bonchev–Trinajstić information content (AvgIpc) is 2.08. The second-order valence-electron chi connectivity index (χ2n) is 4.23. The summed E-state index contributed by atoms with van der Waals surface area (Å²) in [7, 11) is 0. The lowest BCUT2D eigenvalue weighted by Crippen LogP contribution is -2.50. The summed E-state index contributed by atoms with van der Waals surface area (Å²) in [5.74, 6) is 0.369. The van der Waals surface area contributed by atoms with Gasteiger partial charge in [-0.3, -0.25) is 9.18 Å². The van der Waals surface area contributed by atoms with Crippen LogP contribution in [0.1, 0.15) is 13.8 Å². The molecular weight excluding hydrogens is 183 g/mol. The minimum atomic E-state index is -0.213. The summed E-state index contributed by atoms with van der Waals surface area (Å²) < 4.78 is 12.1. The van der Waals surface area contributed by atoms with Gasteiger partial charge in [0.25, 0.3) is 0 Å². The maximum atomic E-state index is 12.1. The first kappa shape index (κ1) is 11.4. The molecule has 0 radical (unpaired) electrons. The van der Waals surface area contributed by atoms with Crippen LogP contribution in [0.4, 0.5) is 4.39 Å². The van der Waals surface area contributed by atoms with Gasteiger partial charge in [0.05, 0.1) is 6.67 Å². The fraction of sp³-hybridized carbons (Fsp3) is 0.900. The van der Waals surface area contributed by atoms with Crippen molar-refractivity contribution in [2.24, 2.45) is 11.8 Å². The summed E-state index contributed by atoms with van der Waals surface area (Å²) in [6.07, 6.45) is 0. The predicted octanol–water partition coefficient (Wildman–Crippen LogP) is 0.660. The molecular formula is C10H19FN2O. The Kier molecular flexibility index (Phi) is 4.32. The summed E-state index contributed by atoms with van der Waals surface area (Å²) in [6, 6.07) is 0. The molecule has 4 heteroatoms.